The molecular formula is C8H6N2. The normalized spacial score (nSPS) is 11.4. The first-order valence-corrected chi connectivity index (χ1v) is 3.04. The van der Waals surface area contributed by atoms with Gasteiger partial charge in [-0.2, -0.15) is 0 Å². The molecule has 48 valence electrons. The summed E-state index contributed by atoms with van der Waals surface area (Å²) in [6, 6.07) is 5.78. The molecule has 1 heterocycles. The maximum Gasteiger partial charge on any atom is 0.0886 e. The average Bonchev–Trinajstić information content (AvgIpc) is 2.06. The van der Waals surface area contributed by atoms with Crippen molar-refractivity contribution < 1.29 is 1.37 Å². The van der Waals surface area contributed by atoms with Gasteiger partial charge in [-0.15, -0.1) is 0 Å². The van der Waals surface area contributed by atoms with Crippen molar-refractivity contribution >= 4 is 11.0 Å². The Kier molecular flexibility index (Phi) is 0.905. The summed E-state index contributed by atoms with van der Waals surface area (Å²) in [6.07, 6.45) is 3.22. The number of hydrogen-bond donors (Lipinski definition) is 0. The third kappa shape index (κ3) is 0.739. The van der Waals surface area contributed by atoms with Crippen molar-refractivity contribution in [2.45, 2.75) is 0 Å². The molecule has 0 bridgehead atoms. The first-order chi connectivity index (χ1) is 5.38. The molecule has 0 saturated carbocycles. The Morgan fingerprint density at radius 3 is 2.70 bits per heavy atom. The molecule has 1 aromatic carbocycles. The molecule has 2 heteroatoms. The predicted molar refractivity (Wildman–Crippen MR) is 39.5 cm³/mol. The lowest BCUT2D eigenvalue weighted by Crippen LogP contribution is -1.78. The SMILES string of the molecule is [2H]c1cccc2nccnc12. The van der Waals surface area contributed by atoms with Gasteiger partial charge in [0.2, 0.25) is 0 Å². The van der Waals surface area contributed by atoms with Crippen LogP contribution in [-0.4, -0.2) is 9.97 Å². The summed E-state index contributed by atoms with van der Waals surface area (Å²) in [5, 5.41) is 0. The van der Waals surface area contributed by atoms with Crippen molar-refractivity contribution in [2.24, 2.45) is 0 Å². The summed E-state index contributed by atoms with van der Waals surface area (Å²) in [5.41, 5.74) is 1.44. The molecule has 2 rings (SSSR count). The smallest absolute Gasteiger partial charge is 0.0886 e. The van der Waals surface area contributed by atoms with Gasteiger partial charge in [-0.05, 0) is 12.1 Å². The van der Waals surface area contributed by atoms with Crippen LogP contribution in [0.5, 0.6) is 0 Å². The first kappa shape index (κ1) is 4.39. The molecule has 0 radical (unpaired) electrons. The van der Waals surface area contributed by atoms with E-state index in [4.69, 9.17) is 1.37 Å². The molecule has 0 atom stereocenters. The summed E-state index contributed by atoms with van der Waals surface area (Å²) < 4.78 is 7.46. The lowest BCUT2D eigenvalue weighted by molar-refractivity contribution is 1.29. The van der Waals surface area contributed by atoms with E-state index in [1.807, 2.05) is 6.07 Å². The highest BCUT2D eigenvalue weighted by molar-refractivity contribution is 5.72. The minimum atomic E-state index is 0.426. The van der Waals surface area contributed by atoms with Crippen molar-refractivity contribution in [3.63, 3.8) is 0 Å². The van der Waals surface area contributed by atoms with Gasteiger partial charge in [0.1, 0.15) is 0 Å². The Morgan fingerprint density at radius 1 is 1.10 bits per heavy atom. The summed E-state index contributed by atoms with van der Waals surface area (Å²) >= 11 is 0. The Bertz CT molecular complexity index is 381. The van der Waals surface area contributed by atoms with E-state index in [2.05, 4.69) is 9.97 Å². The fraction of sp³-hybridized carbons (Fsp3) is 0. The molecule has 0 fully saturated rings. The van der Waals surface area contributed by atoms with Gasteiger partial charge in [-0.1, -0.05) is 12.1 Å². The quantitative estimate of drug-likeness (QED) is 0.543. The summed E-state index contributed by atoms with van der Waals surface area (Å²) in [6.45, 7) is 0. The van der Waals surface area contributed by atoms with Gasteiger partial charge < -0.3 is 0 Å². The number of hydrogen-bond acceptors (Lipinski definition) is 2. The number of rotatable bonds is 0. The van der Waals surface area contributed by atoms with Gasteiger partial charge in [0.05, 0.1) is 12.4 Å². The molecule has 0 N–H and O–H groups in total. The Labute approximate surface area is 60.0 Å². The summed E-state index contributed by atoms with van der Waals surface area (Å²) in [5.74, 6) is 0. The lowest BCUT2D eigenvalue weighted by atomic mass is 10.3. The van der Waals surface area contributed by atoms with Gasteiger partial charge in [-0.25, -0.2) is 0 Å². The van der Waals surface area contributed by atoms with Crippen LogP contribution in [0.4, 0.5) is 0 Å². The van der Waals surface area contributed by atoms with Crippen molar-refractivity contribution in [2.75, 3.05) is 0 Å². The molecule has 10 heavy (non-hydrogen) atoms. The minimum Gasteiger partial charge on any atom is -0.253 e. The van der Waals surface area contributed by atoms with E-state index >= 15 is 0 Å². The zero-order valence-corrected chi connectivity index (χ0v) is 5.28. The average molecular weight is 131 g/mol. The highest BCUT2D eigenvalue weighted by Gasteiger charge is 1.88. The standard InChI is InChI=1S/C8H6N2/c1-2-4-8-7(3-1)9-5-6-10-8/h1-6H/i3D. The molecule has 0 aliphatic rings. The van der Waals surface area contributed by atoms with E-state index in [0.29, 0.717) is 11.6 Å². The molecule has 2 nitrogen and oxygen atoms in total. The lowest BCUT2D eigenvalue weighted by Gasteiger charge is -1.90. The molecule has 0 saturated heterocycles. The molecule has 1 aromatic heterocycles. The minimum absolute atomic E-state index is 0.426. The van der Waals surface area contributed by atoms with Crippen LogP contribution in [0.3, 0.4) is 0 Å². The fourth-order valence-electron chi connectivity index (χ4n) is 0.848. The van der Waals surface area contributed by atoms with Crippen LogP contribution in [0.15, 0.2) is 36.6 Å². The summed E-state index contributed by atoms with van der Waals surface area (Å²) in [7, 11) is 0. The van der Waals surface area contributed by atoms with Crippen LogP contribution in [0.25, 0.3) is 11.0 Å². The van der Waals surface area contributed by atoms with Gasteiger partial charge in [0.25, 0.3) is 0 Å². The van der Waals surface area contributed by atoms with Gasteiger partial charge >= 0.3 is 0 Å². The largest absolute Gasteiger partial charge is 0.253 e. The molecule has 0 spiro atoms. The second-order valence-electron chi connectivity index (χ2n) is 1.96. The van der Waals surface area contributed by atoms with Gasteiger partial charge in [-0.3, -0.25) is 9.97 Å². The van der Waals surface area contributed by atoms with Crippen molar-refractivity contribution in [3.8, 4) is 0 Å². The topological polar surface area (TPSA) is 25.8 Å². The Hall–Kier alpha value is -1.44. The van der Waals surface area contributed by atoms with Crippen LogP contribution >= 0.6 is 0 Å². The van der Waals surface area contributed by atoms with Gasteiger partial charge in [0, 0.05) is 12.4 Å². The molecule has 0 amide bonds. The third-order valence-corrected chi connectivity index (χ3v) is 1.30. The van der Waals surface area contributed by atoms with E-state index in [0.717, 1.165) is 5.52 Å². The Balaban J connectivity index is 2.91. The van der Waals surface area contributed by atoms with E-state index in [1.54, 1.807) is 24.5 Å². The predicted octanol–water partition coefficient (Wildman–Crippen LogP) is 1.63. The van der Waals surface area contributed by atoms with Crippen LogP contribution in [-0.2, 0) is 0 Å². The maximum absolute atomic E-state index is 7.46. The number of para-hydroxylation sites is 2. The second-order valence-corrected chi connectivity index (χ2v) is 1.96. The third-order valence-electron chi connectivity index (χ3n) is 1.30. The van der Waals surface area contributed by atoms with E-state index < -0.39 is 0 Å². The van der Waals surface area contributed by atoms with Crippen molar-refractivity contribution in [3.05, 3.63) is 36.6 Å². The Morgan fingerprint density at radius 2 is 1.90 bits per heavy atom. The first-order valence-electron chi connectivity index (χ1n) is 3.54. The second kappa shape index (κ2) is 2.06. The molecule has 0 aliphatic carbocycles. The van der Waals surface area contributed by atoms with Gasteiger partial charge in [0.15, 0.2) is 0 Å². The zero-order valence-electron chi connectivity index (χ0n) is 6.28. The fourth-order valence-corrected chi connectivity index (χ4v) is 0.848. The molecule has 0 unspecified atom stereocenters. The molecular weight excluding hydrogens is 124 g/mol. The number of fused-ring (bicyclic) bond motifs is 1. The van der Waals surface area contributed by atoms with E-state index in [1.165, 1.54) is 0 Å². The van der Waals surface area contributed by atoms with Crippen molar-refractivity contribution in [1.29, 1.82) is 0 Å². The number of nitrogens with zero attached hydrogens (tertiary/aromatic N) is 2. The number of aromatic nitrogens is 2. The molecule has 0 aliphatic heterocycles. The summed E-state index contributed by atoms with van der Waals surface area (Å²) in [4.78, 5) is 8.09. The highest BCUT2D eigenvalue weighted by atomic mass is 14.8. The monoisotopic (exact) mass is 131 g/mol. The maximum atomic E-state index is 7.46. The number of benzene rings is 1. The zero-order chi connectivity index (χ0) is 7.68. The molecule has 2 aromatic rings. The van der Waals surface area contributed by atoms with Crippen molar-refractivity contribution in [1.82, 2.24) is 9.97 Å². The van der Waals surface area contributed by atoms with Crippen LogP contribution in [0.1, 0.15) is 1.37 Å². The van der Waals surface area contributed by atoms with Crippen LogP contribution in [0.2, 0.25) is 0 Å². The van der Waals surface area contributed by atoms with E-state index in [-0.39, 0.29) is 0 Å². The highest BCUT2D eigenvalue weighted by Crippen LogP contribution is 2.04. The van der Waals surface area contributed by atoms with Crippen LogP contribution in [0, 0.1) is 0 Å². The van der Waals surface area contributed by atoms with Crippen LogP contribution < -0.4 is 0 Å². The van der Waals surface area contributed by atoms with E-state index in [9.17, 15) is 0 Å².